The highest BCUT2D eigenvalue weighted by Crippen LogP contribution is 2.14. The maximum absolute atomic E-state index is 8.63. The van der Waals surface area contributed by atoms with Crippen molar-refractivity contribution >= 4 is 11.3 Å². The van der Waals surface area contributed by atoms with Gasteiger partial charge in [0.2, 0.25) is 0 Å². The Bertz CT molecular complexity index is 401. The topological polar surface area (TPSA) is 43.2 Å². The van der Waals surface area contributed by atoms with Crippen LogP contribution in [0.1, 0.15) is 16.8 Å². The van der Waals surface area contributed by atoms with Crippen molar-refractivity contribution in [3.05, 3.63) is 16.1 Å². The Kier molecular flexibility index (Phi) is 5.12. The monoisotopic (exact) mass is 264 g/mol. The molecule has 5 heteroatoms. The Morgan fingerprint density at radius 3 is 2.72 bits per heavy atom. The summed E-state index contributed by atoms with van der Waals surface area (Å²) in [5.41, 5.74) is 0. The van der Waals surface area contributed by atoms with E-state index in [2.05, 4.69) is 27.8 Å². The molecule has 0 spiro atoms. The molecule has 1 saturated heterocycles. The minimum absolute atomic E-state index is 0.493. The molecule has 1 aromatic heterocycles. The average Bonchev–Trinajstić information content (AvgIpc) is 2.85. The van der Waals surface area contributed by atoms with Gasteiger partial charge < -0.3 is 9.80 Å². The second-order valence-corrected chi connectivity index (χ2v) is 5.78. The molecule has 1 aliphatic heterocycles. The number of nitrogens with zero attached hydrogens (tertiary/aromatic N) is 4. The number of hydrogen-bond acceptors (Lipinski definition) is 5. The van der Waals surface area contributed by atoms with Crippen molar-refractivity contribution in [2.75, 3.05) is 39.3 Å². The molecule has 0 atom stereocenters. The first-order chi connectivity index (χ1) is 8.81. The van der Waals surface area contributed by atoms with E-state index in [0.717, 1.165) is 29.4 Å². The van der Waals surface area contributed by atoms with Crippen LogP contribution < -0.4 is 0 Å². The highest BCUT2D eigenvalue weighted by atomic mass is 32.1. The molecule has 18 heavy (non-hydrogen) atoms. The molecular formula is C13H20N4S. The second kappa shape index (κ2) is 6.83. The quantitative estimate of drug-likeness (QED) is 0.806. The molecule has 0 bridgehead atoms. The standard InChI is InChI=1S/C13H20N4S/c1-2-16-7-9-17(10-8-16)6-4-13-15-11-12(18-13)3-5-14/h11H,2-4,6-10H2,1H3. The Morgan fingerprint density at radius 2 is 2.06 bits per heavy atom. The van der Waals surface area contributed by atoms with E-state index in [-0.39, 0.29) is 0 Å². The molecule has 0 amide bonds. The van der Waals surface area contributed by atoms with E-state index in [4.69, 9.17) is 5.26 Å². The van der Waals surface area contributed by atoms with Crippen LogP contribution in [0.5, 0.6) is 0 Å². The first-order valence-corrected chi connectivity index (χ1v) is 7.38. The van der Waals surface area contributed by atoms with Crippen LogP contribution in [0, 0.1) is 11.3 Å². The number of nitriles is 1. The van der Waals surface area contributed by atoms with Gasteiger partial charge in [0, 0.05) is 50.2 Å². The Morgan fingerprint density at radius 1 is 1.33 bits per heavy atom. The Balaban J connectivity index is 1.73. The van der Waals surface area contributed by atoms with Crippen LogP contribution >= 0.6 is 11.3 Å². The molecule has 98 valence electrons. The lowest BCUT2D eigenvalue weighted by Gasteiger charge is -2.33. The molecule has 0 unspecified atom stereocenters. The van der Waals surface area contributed by atoms with Crippen molar-refractivity contribution in [1.29, 1.82) is 5.26 Å². The van der Waals surface area contributed by atoms with Crippen molar-refractivity contribution in [2.45, 2.75) is 19.8 Å². The molecule has 0 saturated carbocycles. The van der Waals surface area contributed by atoms with E-state index in [1.54, 1.807) is 11.3 Å². The third-order valence-corrected chi connectivity index (χ3v) is 4.47. The fraction of sp³-hybridized carbons (Fsp3) is 0.692. The summed E-state index contributed by atoms with van der Waals surface area (Å²) < 4.78 is 0. The number of hydrogen-bond donors (Lipinski definition) is 0. The zero-order chi connectivity index (χ0) is 12.8. The van der Waals surface area contributed by atoms with Gasteiger partial charge in [-0.05, 0) is 6.54 Å². The lowest BCUT2D eigenvalue weighted by molar-refractivity contribution is 0.138. The summed E-state index contributed by atoms with van der Waals surface area (Å²) >= 11 is 1.68. The summed E-state index contributed by atoms with van der Waals surface area (Å²) in [7, 11) is 0. The molecule has 1 fully saturated rings. The van der Waals surface area contributed by atoms with Crippen LogP contribution in [0.25, 0.3) is 0 Å². The van der Waals surface area contributed by atoms with Crippen molar-refractivity contribution in [3.63, 3.8) is 0 Å². The summed E-state index contributed by atoms with van der Waals surface area (Å²) in [6.45, 7) is 9.20. The molecule has 2 heterocycles. The Labute approximate surface area is 113 Å². The number of likely N-dealkylation sites (N-methyl/N-ethyl adjacent to an activating group) is 1. The van der Waals surface area contributed by atoms with Gasteiger partial charge in [0.15, 0.2) is 0 Å². The van der Waals surface area contributed by atoms with Gasteiger partial charge >= 0.3 is 0 Å². The number of aromatic nitrogens is 1. The van der Waals surface area contributed by atoms with Gasteiger partial charge in [-0.3, -0.25) is 0 Å². The van der Waals surface area contributed by atoms with Crippen LogP contribution in [0.4, 0.5) is 0 Å². The number of thiazole rings is 1. The lowest BCUT2D eigenvalue weighted by Crippen LogP contribution is -2.46. The summed E-state index contributed by atoms with van der Waals surface area (Å²) in [6.07, 6.45) is 3.35. The molecule has 0 N–H and O–H groups in total. The van der Waals surface area contributed by atoms with Gasteiger partial charge in [-0.1, -0.05) is 6.92 Å². The van der Waals surface area contributed by atoms with Gasteiger partial charge in [0.25, 0.3) is 0 Å². The van der Waals surface area contributed by atoms with Crippen LogP contribution in [0.3, 0.4) is 0 Å². The largest absolute Gasteiger partial charge is 0.301 e. The molecule has 0 aromatic carbocycles. The molecule has 0 radical (unpaired) electrons. The van der Waals surface area contributed by atoms with Gasteiger partial charge in [-0.15, -0.1) is 11.3 Å². The van der Waals surface area contributed by atoms with Crippen LogP contribution in [0.15, 0.2) is 6.20 Å². The van der Waals surface area contributed by atoms with Crippen LogP contribution in [0.2, 0.25) is 0 Å². The molecule has 1 aromatic rings. The minimum Gasteiger partial charge on any atom is -0.301 e. The zero-order valence-corrected chi connectivity index (χ0v) is 11.7. The van der Waals surface area contributed by atoms with Gasteiger partial charge in [0.05, 0.1) is 17.5 Å². The first-order valence-electron chi connectivity index (χ1n) is 6.57. The van der Waals surface area contributed by atoms with E-state index in [1.165, 1.54) is 26.2 Å². The average molecular weight is 264 g/mol. The maximum atomic E-state index is 8.63. The van der Waals surface area contributed by atoms with Gasteiger partial charge in [-0.2, -0.15) is 5.26 Å². The van der Waals surface area contributed by atoms with Crippen molar-refractivity contribution in [1.82, 2.24) is 14.8 Å². The smallest absolute Gasteiger partial charge is 0.0940 e. The number of piperazine rings is 1. The van der Waals surface area contributed by atoms with Gasteiger partial charge in [-0.25, -0.2) is 4.98 Å². The molecular weight excluding hydrogens is 244 g/mol. The van der Waals surface area contributed by atoms with Gasteiger partial charge in [0.1, 0.15) is 0 Å². The normalized spacial score (nSPS) is 17.8. The highest BCUT2D eigenvalue weighted by molar-refractivity contribution is 7.11. The fourth-order valence-electron chi connectivity index (χ4n) is 2.21. The third-order valence-electron chi connectivity index (χ3n) is 3.41. The molecule has 4 nitrogen and oxygen atoms in total. The first kappa shape index (κ1) is 13.5. The van der Waals surface area contributed by atoms with E-state index >= 15 is 0 Å². The second-order valence-electron chi connectivity index (χ2n) is 4.58. The zero-order valence-electron chi connectivity index (χ0n) is 10.9. The maximum Gasteiger partial charge on any atom is 0.0940 e. The molecule has 2 rings (SSSR count). The van der Waals surface area contributed by atoms with E-state index in [9.17, 15) is 0 Å². The predicted octanol–water partition coefficient (Wildman–Crippen LogP) is 1.39. The van der Waals surface area contributed by atoms with Crippen LogP contribution in [-0.2, 0) is 12.8 Å². The SMILES string of the molecule is CCN1CCN(CCc2ncc(CC#N)s2)CC1. The van der Waals surface area contributed by atoms with Crippen molar-refractivity contribution in [3.8, 4) is 6.07 Å². The molecule has 0 aliphatic carbocycles. The van der Waals surface area contributed by atoms with Crippen molar-refractivity contribution < 1.29 is 0 Å². The van der Waals surface area contributed by atoms with Crippen molar-refractivity contribution in [2.24, 2.45) is 0 Å². The Hall–Kier alpha value is -0.960. The summed E-state index contributed by atoms with van der Waals surface area (Å²) in [5.74, 6) is 0. The third kappa shape index (κ3) is 3.77. The highest BCUT2D eigenvalue weighted by Gasteiger charge is 2.15. The summed E-state index contributed by atoms with van der Waals surface area (Å²) in [6, 6.07) is 2.17. The van der Waals surface area contributed by atoms with E-state index in [1.807, 2.05) is 6.20 Å². The lowest BCUT2D eigenvalue weighted by atomic mass is 10.3. The van der Waals surface area contributed by atoms with E-state index in [0.29, 0.717) is 6.42 Å². The molecule has 1 aliphatic rings. The minimum atomic E-state index is 0.493. The predicted molar refractivity (Wildman–Crippen MR) is 73.7 cm³/mol. The summed E-state index contributed by atoms with van der Waals surface area (Å²) in [5, 5.41) is 9.79. The van der Waals surface area contributed by atoms with Crippen LogP contribution in [-0.4, -0.2) is 54.1 Å². The van der Waals surface area contributed by atoms with E-state index < -0.39 is 0 Å². The summed E-state index contributed by atoms with van der Waals surface area (Å²) in [4.78, 5) is 10.5. The fourth-order valence-corrected chi connectivity index (χ4v) is 3.05. The number of rotatable bonds is 5.